The maximum atomic E-state index is 5.03. The Hall–Kier alpha value is -1.39. The van der Waals surface area contributed by atoms with Crippen molar-refractivity contribution in [1.29, 1.82) is 0 Å². The van der Waals surface area contributed by atoms with Gasteiger partial charge in [-0.2, -0.15) is 0 Å². The Morgan fingerprint density at radius 1 is 1.21 bits per heavy atom. The lowest BCUT2D eigenvalue weighted by Gasteiger charge is -2.08. The predicted octanol–water partition coefficient (Wildman–Crippen LogP) is 3.45. The summed E-state index contributed by atoms with van der Waals surface area (Å²) < 4.78 is 6.18. The van der Waals surface area contributed by atoms with Crippen LogP contribution in [0.25, 0.3) is 0 Å². The Kier molecular flexibility index (Phi) is 4.93. The summed E-state index contributed by atoms with van der Waals surface area (Å²) in [5.74, 6) is 0.644. The Bertz CT molecular complexity index is 540. The molecule has 1 aromatic heterocycles. The van der Waals surface area contributed by atoms with Crippen LogP contribution in [0.15, 0.2) is 41.0 Å². The second-order valence-electron chi connectivity index (χ2n) is 4.41. The van der Waals surface area contributed by atoms with Crippen LogP contribution in [0.4, 0.5) is 0 Å². The van der Waals surface area contributed by atoms with Gasteiger partial charge in [-0.1, -0.05) is 34.1 Å². The van der Waals surface area contributed by atoms with E-state index < -0.39 is 0 Å². The molecule has 3 nitrogen and oxygen atoms in total. The van der Waals surface area contributed by atoms with Gasteiger partial charge in [-0.25, -0.2) is 4.98 Å². The van der Waals surface area contributed by atoms with E-state index in [4.69, 9.17) is 4.74 Å². The van der Waals surface area contributed by atoms with Crippen LogP contribution in [0.2, 0.25) is 0 Å². The van der Waals surface area contributed by atoms with E-state index in [0.717, 1.165) is 23.1 Å². The second kappa shape index (κ2) is 6.68. The topological polar surface area (TPSA) is 34.1 Å². The molecule has 1 heterocycles. The summed E-state index contributed by atoms with van der Waals surface area (Å²) in [5.41, 5.74) is 3.66. The van der Waals surface area contributed by atoms with Crippen LogP contribution in [0.3, 0.4) is 0 Å². The molecule has 0 bridgehead atoms. The average Bonchev–Trinajstić information content (AvgIpc) is 2.42. The monoisotopic (exact) mass is 320 g/mol. The first-order chi connectivity index (χ1) is 9.19. The minimum absolute atomic E-state index is 0.644. The maximum Gasteiger partial charge on any atom is 0.212 e. The number of nitrogens with zero attached hydrogens (tertiary/aromatic N) is 1. The van der Waals surface area contributed by atoms with Gasteiger partial charge < -0.3 is 10.1 Å². The standard InChI is InChI=1S/C15H17BrN2O/c1-11-3-5-13(14(16)7-11)10-17-8-12-4-6-15(19-2)18-9-12/h3-7,9,17H,8,10H2,1-2H3. The summed E-state index contributed by atoms with van der Waals surface area (Å²) in [6, 6.07) is 10.3. The highest BCUT2D eigenvalue weighted by atomic mass is 79.9. The van der Waals surface area contributed by atoms with E-state index >= 15 is 0 Å². The molecule has 2 rings (SSSR count). The van der Waals surface area contributed by atoms with E-state index in [1.165, 1.54) is 11.1 Å². The number of pyridine rings is 1. The van der Waals surface area contributed by atoms with Gasteiger partial charge in [0.25, 0.3) is 0 Å². The maximum absolute atomic E-state index is 5.03. The summed E-state index contributed by atoms with van der Waals surface area (Å²) in [4.78, 5) is 4.18. The van der Waals surface area contributed by atoms with Gasteiger partial charge in [0.15, 0.2) is 0 Å². The minimum Gasteiger partial charge on any atom is -0.481 e. The lowest BCUT2D eigenvalue weighted by Crippen LogP contribution is -2.13. The number of aryl methyl sites for hydroxylation is 1. The molecular formula is C15H17BrN2O. The first kappa shape index (κ1) is 14.0. The van der Waals surface area contributed by atoms with Crippen molar-refractivity contribution in [3.63, 3.8) is 0 Å². The first-order valence-electron chi connectivity index (χ1n) is 6.13. The van der Waals surface area contributed by atoms with E-state index in [9.17, 15) is 0 Å². The number of benzene rings is 1. The van der Waals surface area contributed by atoms with Crippen LogP contribution >= 0.6 is 15.9 Å². The molecular weight excluding hydrogens is 304 g/mol. The Morgan fingerprint density at radius 2 is 2.05 bits per heavy atom. The van der Waals surface area contributed by atoms with Crippen LogP contribution in [-0.2, 0) is 13.1 Å². The van der Waals surface area contributed by atoms with Crippen LogP contribution in [0.5, 0.6) is 5.88 Å². The van der Waals surface area contributed by atoms with Crippen LogP contribution in [-0.4, -0.2) is 12.1 Å². The smallest absolute Gasteiger partial charge is 0.212 e. The molecule has 1 N–H and O–H groups in total. The molecule has 4 heteroatoms. The fraction of sp³-hybridized carbons (Fsp3) is 0.267. The minimum atomic E-state index is 0.644. The van der Waals surface area contributed by atoms with Gasteiger partial charge in [-0.15, -0.1) is 0 Å². The summed E-state index contributed by atoms with van der Waals surface area (Å²) in [6.07, 6.45) is 1.83. The van der Waals surface area contributed by atoms with E-state index in [-0.39, 0.29) is 0 Å². The lowest BCUT2D eigenvalue weighted by atomic mass is 10.1. The summed E-state index contributed by atoms with van der Waals surface area (Å²) in [5, 5.41) is 3.40. The van der Waals surface area contributed by atoms with Gasteiger partial charge in [-0.05, 0) is 29.7 Å². The Morgan fingerprint density at radius 3 is 2.68 bits per heavy atom. The molecule has 19 heavy (non-hydrogen) atoms. The zero-order valence-electron chi connectivity index (χ0n) is 11.1. The van der Waals surface area contributed by atoms with E-state index in [1.54, 1.807) is 7.11 Å². The summed E-state index contributed by atoms with van der Waals surface area (Å²) in [7, 11) is 1.62. The van der Waals surface area contributed by atoms with Crippen molar-refractivity contribution in [1.82, 2.24) is 10.3 Å². The summed E-state index contributed by atoms with van der Waals surface area (Å²) >= 11 is 3.58. The number of ether oxygens (including phenoxy) is 1. The lowest BCUT2D eigenvalue weighted by molar-refractivity contribution is 0.397. The van der Waals surface area contributed by atoms with Gasteiger partial charge in [0.1, 0.15) is 0 Å². The molecule has 0 amide bonds. The van der Waals surface area contributed by atoms with Crippen LogP contribution in [0, 0.1) is 6.92 Å². The number of methoxy groups -OCH3 is 1. The van der Waals surface area contributed by atoms with Gasteiger partial charge in [0, 0.05) is 29.8 Å². The highest BCUT2D eigenvalue weighted by molar-refractivity contribution is 9.10. The SMILES string of the molecule is COc1ccc(CNCc2ccc(C)cc2Br)cn1. The largest absolute Gasteiger partial charge is 0.481 e. The number of aromatic nitrogens is 1. The van der Waals surface area contributed by atoms with Crippen molar-refractivity contribution in [2.75, 3.05) is 7.11 Å². The van der Waals surface area contributed by atoms with E-state index in [2.05, 4.69) is 51.4 Å². The zero-order chi connectivity index (χ0) is 13.7. The van der Waals surface area contributed by atoms with Gasteiger partial charge in [0.05, 0.1) is 7.11 Å². The summed E-state index contributed by atoms with van der Waals surface area (Å²) in [6.45, 7) is 3.70. The number of rotatable bonds is 5. The molecule has 0 aliphatic carbocycles. The molecule has 0 aliphatic rings. The second-order valence-corrected chi connectivity index (χ2v) is 5.26. The third-order valence-electron chi connectivity index (χ3n) is 2.86. The fourth-order valence-corrected chi connectivity index (χ4v) is 2.41. The molecule has 0 radical (unpaired) electrons. The Labute approximate surface area is 122 Å². The molecule has 0 aliphatic heterocycles. The highest BCUT2D eigenvalue weighted by Gasteiger charge is 2.00. The molecule has 0 unspecified atom stereocenters. The number of halogens is 1. The highest BCUT2D eigenvalue weighted by Crippen LogP contribution is 2.18. The number of nitrogens with one attached hydrogen (secondary N) is 1. The first-order valence-corrected chi connectivity index (χ1v) is 6.93. The average molecular weight is 321 g/mol. The van der Waals surface area contributed by atoms with Crippen molar-refractivity contribution < 1.29 is 4.74 Å². The Balaban J connectivity index is 1.88. The van der Waals surface area contributed by atoms with Crippen molar-refractivity contribution in [2.24, 2.45) is 0 Å². The third kappa shape index (κ3) is 4.04. The van der Waals surface area contributed by atoms with Crippen molar-refractivity contribution >= 4 is 15.9 Å². The molecule has 2 aromatic rings. The van der Waals surface area contributed by atoms with Gasteiger partial charge >= 0.3 is 0 Å². The van der Waals surface area contributed by atoms with Crippen LogP contribution in [0.1, 0.15) is 16.7 Å². The van der Waals surface area contributed by atoms with Gasteiger partial charge in [-0.3, -0.25) is 0 Å². The van der Waals surface area contributed by atoms with Crippen molar-refractivity contribution in [3.8, 4) is 5.88 Å². The van der Waals surface area contributed by atoms with Gasteiger partial charge in [0.2, 0.25) is 5.88 Å². The number of hydrogen-bond acceptors (Lipinski definition) is 3. The van der Waals surface area contributed by atoms with Crippen molar-refractivity contribution in [3.05, 3.63) is 57.7 Å². The third-order valence-corrected chi connectivity index (χ3v) is 3.60. The molecule has 0 atom stereocenters. The van der Waals surface area contributed by atoms with E-state index in [1.807, 2.05) is 18.3 Å². The molecule has 100 valence electrons. The molecule has 0 fully saturated rings. The predicted molar refractivity (Wildman–Crippen MR) is 80.2 cm³/mol. The normalized spacial score (nSPS) is 10.5. The molecule has 0 saturated carbocycles. The van der Waals surface area contributed by atoms with Crippen LogP contribution < -0.4 is 10.1 Å². The number of hydrogen-bond donors (Lipinski definition) is 1. The zero-order valence-corrected chi connectivity index (χ0v) is 12.7. The molecule has 0 spiro atoms. The van der Waals surface area contributed by atoms with Crippen molar-refractivity contribution in [2.45, 2.75) is 20.0 Å². The fourth-order valence-electron chi connectivity index (χ4n) is 1.77. The quantitative estimate of drug-likeness (QED) is 0.916. The molecule has 1 aromatic carbocycles. The molecule has 0 saturated heterocycles. The van der Waals surface area contributed by atoms with E-state index in [0.29, 0.717) is 5.88 Å².